The SMILES string of the molecule is Clc1ccc2c(c1)CCc1cccnc1C2=C1CCN(C2CCCC2)CC1. The van der Waals surface area contributed by atoms with Crippen molar-refractivity contribution < 1.29 is 0 Å². The van der Waals surface area contributed by atoms with E-state index < -0.39 is 0 Å². The van der Waals surface area contributed by atoms with Gasteiger partial charge in [-0.15, -0.1) is 0 Å². The molecule has 1 aromatic carbocycles. The Morgan fingerprint density at radius 1 is 0.926 bits per heavy atom. The molecule has 2 fully saturated rings. The maximum atomic E-state index is 6.33. The van der Waals surface area contributed by atoms with Crippen molar-refractivity contribution in [2.24, 2.45) is 0 Å². The molecule has 0 radical (unpaired) electrons. The minimum Gasteiger partial charge on any atom is -0.300 e. The zero-order valence-corrected chi connectivity index (χ0v) is 16.6. The van der Waals surface area contributed by atoms with Crippen LogP contribution in [0.1, 0.15) is 60.9 Å². The Kier molecular flexibility index (Phi) is 4.79. The fraction of sp³-hybridized carbons (Fsp3) is 0.458. The number of rotatable bonds is 1. The van der Waals surface area contributed by atoms with Gasteiger partial charge in [-0.1, -0.05) is 42.1 Å². The van der Waals surface area contributed by atoms with Gasteiger partial charge in [0, 0.05) is 35.9 Å². The van der Waals surface area contributed by atoms with Crippen LogP contribution in [0.25, 0.3) is 5.57 Å². The zero-order chi connectivity index (χ0) is 18.2. The van der Waals surface area contributed by atoms with Crippen molar-refractivity contribution in [3.63, 3.8) is 0 Å². The minimum atomic E-state index is 0.835. The lowest BCUT2D eigenvalue weighted by Crippen LogP contribution is -2.38. The number of piperidine rings is 1. The highest BCUT2D eigenvalue weighted by atomic mass is 35.5. The van der Waals surface area contributed by atoms with E-state index in [1.807, 2.05) is 12.3 Å². The molecule has 1 saturated heterocycles. The van der Waals surface area contributed by atoms with Crippen LogP contribution in [0.2, 0.25) is 5.02 Å². The molecular weight excluding hydrogens is 352 g/mol. The van der Waals surface area contributed by atoms with Gasteiger partial charge in [0.15, 0.2) is 0 Å². The smallest absolute Gasteiger partial charge is 0.0739 e. The molecule has 2 nitrogen and oxygen atoms in total. The molecule has 27 heavy (non-hydrogen) atoms. The van der Waals surface area contributed by atoms with Crippen LogP contribution in [0.4, 0.5) is 0 Å². The van der Waals surface area contributed by atoms with Crippen molar-refractivity contribution in [1.82, 2.24) is 9.88 Å². The number of pyridine rings is 1. The van der Waals surface area contributed by atoms with E-state index in [0.717, 1.165) is 23.9 Å². The standard InChI is InChI=1S/C24H27ClN2/c25-20-9-10-22-19(16-20)8-7-18-4-3-13-26-24(18)23(22)17-11-14-27(15-12-17)21-5-1-2-6-21/h3-4,9-10,13,16,21H,1-2,5-8,11-12,14-15H2. The number of likely N-dealkylation sites (tertiary alicyclic amines) is 1. The van der Waals surface area contributed by atoms with Crippen LogP contribution < -0.4 is 0 Å². The molecule has 0 unspecified atom stereocenters. The second-order valence-electron chi connectivity index (χ2n) is 8.27. The Hall–Kier alpha value is -1.64. The van der Waals surface area contributed by atoms with E-state index in [2.05, 4.69) is 29.2 Å². The number of nitrogens with zero attached hydrogens (tertiary/aromatic N) is 2. The normalized spacial score (nSPS) is 21.1. The Morgan fingerprint density at radius 3 is 2.52 bits per heavy atom. The fourth-order valence-corrected chi connectivity index (χ4v) is 5.51. The van der Waals surface area contributed by atoms with E-state index in [1.165, 1.54) is 79.6 Å². The van der Waals surface area contributed by atoms with Crippen molar-refractivity contribution >= 4 is 17.2 Å². The number of halogens is 1. The lowest BCUT2D eigenvalue weighted by atomic mass is 9.88. The summed E-state index contributed by atoms with van der Waals surface area (Å²) in [6.45, 7) is 2.41. The average Bonchev–Trinajstić information content (AvgIpc) is 3.19. The van der Waals surface area contributed by atoms with E-state index in [4.69, 9.17) is 16.6 Å². The van der Waals surface area contributed by atoms with E-state index in [0.29, 0.717) is 0 Å². The Balaban J connectivity index is 1.55. The first-order valence-electron chi connectivity index (χ1n) is 10.5. The van der Waals surface area contributed by atoms with E-state index in [9.17, 15) is 0 Å². The summed E-state index contributed by atoms with van der Waals surface area (Å²) < 4.78 is 0. The predicted octanol–water partition coefficient (Wildman–Crippen LogP) is 5.67. The summed E-state index contributed by atoms with van der Waals surface area (Å²) in [5.74, 6) is 0. The topological polar surface area (TPSA) is 16.1 Å². The van der Waals surface area contributed by atoms with Crippen LogP contribution in [-0.4, -0.2) is 29.0 Å². The summed E-state index contributed by atoms with van der Waals surface area (Å²) in [6, 6.07) is 11.6. The number of aryl methyl sites for hydroxylation is 2. The van der Waals surface area contributed by atoms with Gasteiger partial charge in [0.1, 0.15) is 0 Å². The zero-order valence-electron chi connectivity index (χ0n) is 15.9. The number of aromatic nitrogens is 1. The van der Waals surface area contributed by atoms with Crippen LogP contribution >= 0.6 is 11.6 Å². The van der Waals surface area contributed by atoms with Gasteiger partial charge in [0.25, 0.3) is 0 Å². The van der Waals surface area contributed by atoms with Gasteiger partial charge in [0.2, 0.25) is 0 Å². The van der Waals surface area contributed by atoms with Crippen LogP contribution in [0.15, 0.2) is 42.1 Å². The summed E-state index contributed by atoms with van der Waals surface area (Å²) >= 11 is 6.33. The molecule has 140 valence electrons. The maximum Gasteiger partial charge on any atom is 0.0739 e. The van der Waals surface area contributed by atoms with Crippen molar-refractivity contribution in [2.45, 2.75) is 57.4 Å². The van der Waals surface area contributed by atoms with E-state index in [1.54, 1.807) is 5.57 Å². The van der Waals surface area contributed by atoms with Gasteiger partial charge in [0.05, 0.1) is 5.69 Å². The van der Waals surface area contributed by atoms with Crippen molar-refractivity contribution in [3.8, 4) is 0 Å². The molecule has 3 aliphatic rings. The van der Waals surface area contributed by atoms with E-state index in [-0.39, 0.29) is 0 Å². The van der Waals surface area contributed by atoms with E-state index >= 15 is 0 Å². The average molecular weight is 379 g/mol. The van der Waals surface area contributed by atoms with Crippen LogP contribution in [0.5, 0.6) is 0 Å². The Morgan fingerprint density at radius 2 is 1.70 bits per heavy atom. The van der Waals surface area contributed by atoms with Crippen molar-refractivity contribution in [2.75, 3.05) is 13.1 Å². The largest absolute Gasteiger partial charge is 0.300 e. The third-order valence-electron chi connectivity index (χ3n) is 6.72. The third-order valence-corrected chi connectivity index (χ3v) is 6.96. The van der Waals surface area contributed by atoms with Gasteiger partial charge >= 0.3 is 0 Å². The molecule has 1 saturated carbocycles. The molecular formula is C24H27ClN2. The summed E-state index contributed by atoms with van der Waals surface area (Å²) in [6.07, 6.45) is 12.0. The summed E-state index contributed by atoms with van der Waals surface area (Å²) in [5.41, 5.74) is 8.33. The van der Waals surface area contributed by atoms with Crippen LogP contribution in [-0.2, 0) is 12.8 Å². The molecule has 3 heteroatoms. The molecule has 1 aliphatic heterocycles. The minimum absolute atomic E-state index is 0.835. The highest BCUT2D eigenvalue weighted by Crippen LogP contribution is 2.39. The molecule has 0 N–H and O–H groups in total. The van der Waals surface area contributed by atoms with Crippen molar-refractivity contribution in [1.29, 1.82) is 0 Å². The summed E-state index contributed by atoms with van der Waals surface area (Å²) in [5, 5.41) is 0.841. The second-order valence-corrected chi connectivity index (χ2v) is 8.70. The third kappa shape index (κ3) is 3.34. The molecule has 2 aromatic rings. The highest BCUT2D eigenvalue weighted by Gasteiger charge is 2.28. The molecule has 2 heterocycles. The molecule has 5 rings (SSSR count). The molecule has 1 aromatic heterocycles. The first kappa shape index (κ1) is 17.5. The first-order chi connectivity index (χ1) is 13.3. The Bertz CT molecular complexity index is 870. The quantitative estimate of drug-likeness (QED) is 0.635. The molecule has 0 bridgehead atoms. The van der Waals surface area contributed by atoms with Crippen LogP contribution in [0, 0.1) is 0 Å². The van der Waals surface area contributed by atoms with Gasteiger partial charge in [-0.2, -0.15) is 0 Å². The molecule has 2 aliphatic carbocycles. The second kappa shape index (κ2) is 7.41. The highest BCUT2D eigenvalue weighted by molar-refractivity contribution is 6.30. The van der Waals surface area contributed by atoms with Gasteiger partial charge < -0.3 is 0 Å². The van der Waals surface area contributed by atoms with Gasteiger partial charge in [-0.3, -0.25) is 9.88 Å². The predicted molar refractivity (Wildman–Crippen MR) is 112 cm³/mol. The number of hydrogen-bond acceptors (Lipinski definition) is 2. The maximum absolute atomic E-state index is 6.33. The van der Waals surface area contributed by atoms with Crippen LogP contribution in [0.3, 0.4) is 0 Å². The fourth-order valence-electron chi connectivity index (χ4n) is 5.31. The van der Waals surface area contributed by atoms with Crippen molar-refractivity contribution in [3.05, 3.63) is 69.5 Å². The van der Waals surface area contributed by atoms with Gasteiger partial charge in [-0.25, -0.2) is 0 Å². The van der Waals surface area contributed by atoms with Gasteiger partial charge in [-0.05, 0) is 73.4 Å². The lowest BCUT2D eigenvalue weighted by molar-refractivity contribution is 0.186. The summed E-state index contributed by atoms with van der Waals surface area (Å²) in [7, 11) is 0. The molecule has 0 amide bonds. The monoisotopic (exact) mass is 378 g/mol. The number of benzene rings is 1. The Labute approximate surface area is 167 Å². The molecule has 0 atom stereocenters. The molecule has 0 spiro atoms. The lowest BCUT2D eigenvalue weighted by Gasteiger charge is -2.34. The summed E-state index contributed by atoms with van der Waals surface area (Å²) in [4.78, 5) is 7.60. The number of hydrogen-bond donors (Lipinski definition) is 0. The number of fused-ring (bicyclic) bond motifs is 2. The first-order valence-corrected chi connectivity index (χ1v) is 10.9.